The van der Waals surface area contributed by atoms with Gasteiger partial charge in [-0.1, -0.05) is 35.5 Å². The minimum atomic E-state index is -0.990. The van der Waals surface area contributed by atoms with Crippen molar-refractivity contribution < 1.29 is 18.3 Å². The molecule has 4 nitrogen and oxygen atoms in total. The Balaban J connectivity index is 1.64. The molecule has 124 valence electrons. The van der Waals surface area contributed by atoms with Crippen LogP contribution in [0.1, 0.15) is 17.2 Å². The van der Waals surface area contributed by atoms with E-state index < -0.39 is 17.7 Å². The van der Waals surface area contributed by atoms with Crippen LogP contribution in [-0.4, -0.2) is 21.1 Å². The molecule has 0 spiro atoms. The summed E-state index contributed by atoms with van der Waals surface area (Å²) in [7, 11) is 0. The summed E-state index contributed by atoms with van der Waals surface area (Å²) >= 11 is 1.15. The van der Waals surface area contributed by atoms with Crippen molar-refractivity contribution in [2.45, 2.75) is 18.3 Å². The Morgan fingerprint density at radius 1 is 1.08 bits per heavy atom. The molecular weight excluding hydrogens is 334 g/mol. The van der Waals surface area contributed by atoms with Crippen LogP contribution in [0.5, 0.6) is 0 Å². The average Bonchev–Trinajstić information content (AvgIpc) is 3.05. The third-order valence-electron chi connectivity index (χ3n) is 3.40. The number of aliphatic hydroxyl groups excluding tert-OH is 1. The van der Waals surface area contributed by atoms with E-state index in [1.807, 2.05) is 31.2 Å². The van der Waals surface area contributed by atoms with Crippen LogP contribution >= 0.6 is 11.8 Å². The van der Waals surface area contributed by atoms with Crippen LogP contribution in [0.2, 0.25) is 0 Å². The molecule has 0 aliphatic rings. The first kappa shape index (κ1) is 16.6. The van der Waals surface area contributed by atoms with Gasteiger partial charge >= 0.3 is 0 Å². The molecule has 0 saturated carbocycles. The molecule has 3 aromatic rings. The standard InChI is InChI=1S/C17H14F2N2O2S/c1-10-2-4-11(5-3-10)16-20-21-17(23-16)24-9-15(22)12-6-7-13(18)14(19)8-12/h2-8,15,22H,9H2,1H3. The zero-order chi connectivity index (χ0) is 17.1. The van der Waals surface area contributed by atoms with Crippen LogP contribution < -0.4 is 0 Å². The smallest absolute Gasteiger partial charge is 0.276 e. The minimum absolute atomic E-state index is 0.181. The predicted octanol–water partition coefficient (Wildman–Crippen LogP) is 4.15. The zero-order valence-corrected chi connectivity index (χ0v) is 13.6. The highest BCUT2D eigenvalue weighted by Gasteiger charge is 2.14. The normalized spacial score (nSPS) is 12.3. The number of benzene rings is 2. The van der Waals surface area contributed by atoms with Crippen molar-refractivity contribution in [3.63, 3.8) is 0 Å². The molecule has 0 aliphatic carbocycles. The van der Waals surface area contributed by atoms with Gasteiger partial charge in [0.05, 0.1) is 6.10 Å². The SMILES string of the molecule is Cc1ccc(-c2nnc(SCC(O)c3ccc(F)c(F)c3)o2)cc1. The van der Waals surface area contributed by atoms with E-state index in [4.69, 9.17) is 4.42 Å². The fourth-order valence-electron chi connectivity index (χ4n) is 2.05. The van der Waals surface area contributed by atoms with Crippen molar-refractivity contribution in [3.05, 3.63) is 65.2 Å². The number of hydrogen-bond donors (Lipinski definition) is 1. The lowest BCUT2D eigenvalue weighted by Crippen LogP contribution is -2.02. The van der Waals surface area contributed by atoms with Gasteiger partial charge in [-0.25, -0.2) is 8.78 Å². The predicted molar refractivity (Wildman–Crippen MR) is 86.5 cm³/mol. The van der Waals surface area contributed by atoms with Crippen LogP contribution in [0.3, 0.4) is 0 Å². The molecule has 1 unspecified atom stereocenters. The number of thioether (sulfide) groups is 1. The molecule has 0 fully saturated rings. The highest BCUT2D eigenvalue weighted by molar-refractivity contribution is 7.99. The van der Waals surface area contributed by atoms with E-state index in [9.17, 15) is 13.9 Å². The van der Waals surface area contributed by atoms with E-state index in [0.717, 1.165) is 35.0 Å². The summed E-state index contributed by atoms with van der Waals surface area (Å²) in [5.41, 5.74) is 2.23. The molecule has 1 N–H and O–H groups in total. The highest BCUT2D eigenvalue weighted by Crippen LogP contribution is 2.27. The van der Waals surface area contributed by atoms with Gasteiger partial charge in [0.2, 0.25) is 5.89 Å². The van der Waals surface area contributed by atoms with E-state index >= 15 is 0 Å². The van der Waals surface area contributed by atoms with Crippen molar-refractivity contribution in [1.29, 1.82) is 0 Å². The van der Waals surface area contributed by atoms with E-state index in [0.29, 0.717) is 16.7 Å². The van der Waals surface area contributed by atoms with Gasteiger partial charge in [0.1, 0.15) is 0 Å². The van der Waals surface area contributed by atoms with E-state index in [2.05, 4.69) is 10.2 Å². The van der Waals surface area contributed by atoms with Crippen molar-refractivity contribution >= 4 is 11.8 Å². The maximum Gasteiger partial charge on any atom is 0.276 e. The molecule has 0 aliphatic heterocycles. The highest BCUT2D eigenvalue weighted by atomic mass is 32.2. The van der Waals surface area contributed by atoms with Crippen molar-refractivity contribution in [2.24, 2.45) is 0 Å². The molecule has 0 radical (unpaired) electrons. The van der Waals surface area contributed by atoms with Gasteiger partial charge in [-0.2, -0.15) is 0 Å². The Morgan fingerprint density at radius 2 is 1.83 bits per heavy atom. The van der Waals surface area contributed by atoms with Crippen LogP contribution in [-0.2, 0) is 0 Å². The summed E-state index contributed by atoms with van der Waals surface area (Å²) in [5.74, 6) is -1.37. The molecule has 0 saturated heterocycles. The van der Waals surface area contributed by atoms with Crippen molar-refractivity contribution in [2.75, 3.05) is 5.75 Å². The minimum Gasteiger partial charge on any atom is -0.411 e. The quantitative estimate of drug-likeness (QED) is 0.702. The number of aromatic nitrogens is 2. The molecule has 0 amide bonds. The molecule has 0 bridgehead atoms. The first-order valence-corrected chi connectivity index (χ1v) is 8.18. The molecule has 3 rings (SSSR count). The zero-order valence-electron chi connectivity index (χ0n) is 12.7. The average molecular weight is 348 g/mol. The van der Waals surface area contributed by atoms with Crippen molar-refractivity contribution in [3.8, 4) is 11.5 Å². The summed E-state index contributed by atoms with van der Waals surface area (Å²) < 4.78 is 31.6. The summed E-state index contributed by atoms with van der Waals surface area (Å²) in [6.07, 6.45) is -0.972. The molecule has 2 aromatic carbocycles. The van der Waals surface area contributed by atoms with Crippen LogP contribution in [0.25, 0.3) is 11.5 Å². The second-order valence-corrected chi connectivity index (χ2v) is 6.21. The van der Waals surface area contributed by atoms with Crippen LogP contribution in [0.15, 0.2) is 52.1 Å². The van der Waals surface area contributed by atoms with Crippen molar-refractivity contribution in [1.82, 2.24) is 10.2 Å². The number of hydrogen-bond acceptors (Lipinski definition) is 5. The molecule has 1 aromatic heterocycles. The Bertz CT molecular complexity index is 837. The maximum absolute atomic E-state index is 13.2. The molecular formula is C17H14F2N2O2S. The first-order chi connectivity index (χ1) is 11.5. The number of aryl methyl sites for hydroxylation is 1. The Morgan fingerprint density at radius 3 is 2.54 bits per heavy atom. The summed E-state index contributed by atoms with van der Waals surface area (Å²) in [6.45, 7) is 1.98. The van der Waals surface area contributed by atoms with Gasteiger partial charge in [-0.3, -0.25) is 0 Å². The number of aliphatic hydroxyl groups is 1. The van der Waals surface area contributed by atoms with Crippen LogP contribution in [0.4, 0.5) is 8.78 Å². The third-order valence-corrected chi connectivity index (χ3v) is 4.29. The van der Waals surface area contributed by atoms with Gasteiger partial charge in [0, 0.05) is 11.3 Å². The van der Waals surface area contributed by atoms with Gasteiger partial charge in [-0.05, 0) is 36.8 Å². The van der Waals surface area contributed by atoms with Gasteiger partial charge < -0.3 is 9.52 Å². The first-order valence-electron chi connectivity index (χ1n) is 7.19. The monoisotopic (exact) mass is 348 g/mol. The number of halogens is 2. The van der Waals surface area contributed by atoms with Gasteiger partial charge in [0.25, 0.3) is 5.22 Å². The Hall–Kier alpha value is -2.25. The molecule has 1 atom stereocenters. The number of rotatable bonds is 5. The topological polar surface area (TPSA) is 59.2 Å². The lowest BCUT2D eigenvalue weighted by Gasteiger charge is -2.09. The van der Waals surface area contributed by atoms with E-state index in [1.165, 1.54) is 6.07 Å². The summed E-state index contributed by atoms with van der Waals surface area (Å²) in [4.78, 5) is 0. The largest absolute Gasteiger partial charge is 0.411 e. The molecule has 1 heterocycles. The summed E-state index contributed by atoms with van der Waals surface area (Å²) in [6, 6.07) is 11.0. The van der Waals surface area contributed by atoms with Gasteiger partial charge in [0.15, 0.2) is 11.6 Å². The fourth-order valence-corrected chi connectivity index (χ4v) is 2.78. The van der Waals surface area contributed by atoms with E-state index in [1.54, 1.807) is 0 Å². The fraction of sp³-hybridized carbons (Fsp3) is 0.176. The second-order valence-electron chi connectivity index (χ2n) is 5.24. The third kappa shape index (κ3) is 3.80. The Labute approximate surface area is 141 Å². The molecule has 7 heteroatoms. The lowest BCUT2D eigenvalue weighted by molar-refractivity contribution is 0.203. The van der Waals surface area contributed by atoms with Gasteiger partial charge in [-0.15, -0.1) is 10.2 Å². The number of nitrogens with zero attached hydrogens (tertiary/aromatic N) is 2. The second kappa shape index (κ2) is 7.11. The summed E-state index contributed by atoms with van der Waals surface area (Å²) in [5, 5.41) is 18.2. The molecule has 24 heavy (non-hydrogen) atoms. The Kier molecular flexibility index (Phi) is 4.92. The maximum atomic E-state index is 13.2. The lowest BCUT2D eigenvalue weighted by atomic mass is 10.1. The van der Waals surface area contributed by atoms with E-state index in [-0.39, 0.29) is 5.75 Å². The van der Waals surface area contributed by atoms with Crippen LogP contribution in [0, 0.1) is 18.6 Å².